The Morgan fingerprint density at radius 1 is 0.821 bits per heavy atom. The van der Waals surface area contributed by atoms with Crippen molar-refractivity contribution in [2.75, 3.05) is 37.7 Å². The van der Waals surface area contributed by atoms with E-state index in [4.69, 9.17) is 16.2 Å². The van der Waals surface area contributed by atoms with E-state index in [1.807, 2.05) is 30.3 Å². The van der Waals surface area contributed by atoms with Gasteiger partial charge in [0.25, 0.3) is 0 Å². The van der Waals surface area contributed by atoms with Gasteiger partial charge in [-0.25, -0.2) is 0 Å². The van der Waals surface area contributed by atoms with E-state index in [-0.39, 0.29) is 0 Å². The maximum atomic E-state index is 6.00. The third-order valence-corrected chi connectivity index (χ3v) is 5.62. The van der Waals surface area contributed by atoms with E-state index in [0.717, 1.165) is 35.1 Å². The van der Waals surface area contributed by atoms with Crippen molar-refractivity contribution in [3.63, 3.8) is 0 Å². The second-order valence-corrected chi connectivity index (χ2v) is 8.27. The highest BCUT2D eigenvalue weighted by Crippen LogP contribution is 2.32. The minimum Gasteiger partial charge on any atom is -0.494 e. The van der Waals surface area contributed by atoms with Crippen LogP contribution in [0.3, 0.4) is 0 Å². The second-order valence-electron chi connectivity index (χ2n) is 7.12. The van der Waals surface area contributed by atoms with Crippen LogP contribution in [-0.4, -0.2) is 31.1 Å². The molecular weight excluding hydrogens is 366 g/mol. The first kappa shape index (κ1) is 22.4. The third kappa shape index (κ3) is 8.03. The smallest absolute Gasteiger partial charge is 0.120 e. The molecule has 0 saturated carbocycles. The molecule has 28 heavy (non-hydrogen) atoms. The molecule has 154 valence electrons. The lowest BCUT2D eigenvalue weighted by atomic mass is 10.2. The number of nitrogens with zero attached hydrogens (tertiary/aromatic N) is 1. The fraction of sp³-hybridized carbons (Fsp3) is 0.478. The van der Waals surface area contributed by atoms with Gasteiger partial charge >= 0.3 is 0 Å². The van der Waals surface area contributed by atoms with Crippen LogP contribution in [0.4, 0.5) is 11.4 Å². The van der Waals surface area contributed by atoms with Gasteiger partial charge in [0.2, 0.25) is 0 Å². The summed E-state index contributed by atoms with van der Waals surface area (Å²) in [5, 5.41) is 0. The van der Waals surface area contributed by atoms with Crippen LogP contribution >= 0.6 is 11.8 Å². The highest BCUT2D eigenvalue weighted by Gasteiger charge is 2.05. The molecule has 4 nitrogen and oxygen atoms in total. The van der Waals surface area contributed by atoms with Crippen molar-refractivity contribution >= 4 is 23.1 Å². The van der Waals surface area contributed by atoms with Crippen LogP contribution in [0.2, 0.25) is 0 Å². The summed E-state index contributed by atoms with van der Waals surface area (Å²) in [5.41, 5.74) is 12.9. The number of rotatable bonds is 13. The van der Waals surface area contributed by atoms with Gasteiger partial charge in [0.15, 0.2) is 0 Å². The van der Waals surface area contributed by atoms with E-state index in [1.165, 1.54) is 38.8 Å². The Hall–Kier alpha value is -1.85. The lowest BCUT2D eigenvalue weighted by Crippen LogP contribution is -2.28. The zero-order chi connectivity index (χ0) is 20.2. The number of hydrogen-bond donors (Lipinski definition) is 2. The molecular formula is C23H35N3OS. The quantitative estimate of drug-likeness (QED) is 0.334. The number of anilines is 2. The molecule has 0 amide bonds. The van der Waals surface area contributed by atoms with Gasteiger partial charge in [-0.1, -0.05) is 44.5 Å². The molecule has 0 aromatic heterocycles. The van der Waals surface area contributed by atoms with Crippen molar-refractivity contribution in [3.8, 4) is 5.75 Å². The minimum absolute atomic E-state index is 0.619. The van der Waals surface area contributed by atoms with Gasteiger partial charge < -0.3 is 21.1 Å². The summed E-state index contributed by atoms with van der Waals surface area (Å²) in [6.07, 6.45) is 6.12. The lowest BCUT2D eigenvalue weighted by molar-refractivity contribution is 0.229. The average molecular weight is 402 g/mol. The highest BCUT2D eigenvalue weighted by atomic mass is 32.2. The SMILES string of the molecule is CCCCN(CCCC)CCCOc1cccc(Sc2ccc(N)c(N)c2)c1. The molecule has 0 spiro atoms. The number of nitrogen functional groups attached to an aromatic ring is 2. The normalized spacial score (nSPS) is 11.1. The molecule has 5 heteroatoms. The number of unbranched alkanes of at least 4 members (excludes halogenated alkanes) is 2. The summed E-state index contributed by atoms with van der Waals surface area (Å²) in [7, 11) is 0. The third-order valence-electron chi connectivity index (χ3n) is 4.64. The van der Waals surface area contributed by atoms with E-state index >= 15 is 0 Å². The summed E-state index contributed by atoms with van der Waals surface area (Å²) >= 11 is 1.66. The average Bonchev–Trinajstić information content (AvgIpc) is 2.70. The zero-order valence-electron chi connectivity index (χ0n) is 17.3. The van der Waals surface area contributed by atoms with Gasteiger partial charge in [0, 0.05) is 16.3 Å². The summed E-state index contributed by atoms with van der Waals surface area (Å²) in [6, 6.07) is 14.0. The van der Waals surface area contributed by atoms with Crippen molar-refractivity contribution in [2.45, 2.75) is 55.7 Å². The van der Waals surface area contributed by atoms with Crippen LogP contribution in [-0.2, 0) is 0 Å². The van der Waals surface area contributed by atoms with Crippen LogP contribution in [0, 0.1) is 0 Å². The molecule has 0 bridgehead atoms. The lowest BCUT2D eigenvalue weighted by Gasteiger charge is -2.21. The van der Waals surface area contributed by atoms with Crippen LogP contribution < -0.4 is 16.2 Å². The Morgan fingerprint density at radius 2 is 1.50 bits per heavy atom. The Bertz CT molecular complexity index is 700. The highest BCUT2D eigenvalue weighted by molar-refractivity contribution is 7.99. The summed E-state index contributed by atoms with van der Waals surface area (Å²) in [6.45, 7) is 8.77. The molecule has 0 aliphatic rings. The van der Waals surface area contributed by atoms with E-state index in [2.05, 4.69) is 30.9 Å². The van der Waals surface area contributed by atoms with Gasteiger partial charge in [-0.05, 0) is 68.8 Å². The molecule has 0 radical (unpaired) electrons. The van der Waals surface area contributed by atoms with Crippen molar-refractivity contribution in [2.24, 2.45) is 0 Å². The number of ether oxygens (including phenoxy) is 1. The number of nitrogens with two attached hydrogens (primary N) is 2. The second kappa shape index (κ2) is 12.6. The van der Waals surface area contributed by atoms with Crippen molar-refractivity contribution in [1.29, 1.82) is 0 Å². The zero-order valence-corrected chi connectivity index (χ0v) is 18.1. The van der Waals surface area contributed by atoms with Crippen LogP contribution in [0.1, 0.15) is 46.0 Å². The molecule has 0 unspecified atom stereocenters. The molecule has 0 heterocycles. The van der Waals surface area contributed by atoms with Crippen LogP contribution in [0.25, 0.3) is 0 Å². The summed E-state index contributed by atoms with van der Waals surface area (Å²) < 4.78 is 6.00. The van der Waals surface area contributed by atoms with Crippen LogP contribution in [0.5, 0.6) is 5.75 Å². The Balaban J connectivity index is 1.80. The van der Waals surface area contributed by atoms with E-state index in [9.17, 15) is 0 Å². The predicted molar refractivity (Wildman–Crippen MR) is 122 cm³/mol. The van der Waals surface area contributed by atoms with Gasteiger partial charge in [0.1, 0.15) is 5.75 Å². The fourth-order valence-electron chi connectivity index (χ4n) is 2.96. The molecule has 0 aliphatic carbocycles. The van der Waals surface area contributed by atoms with Crippen molar-refractivity contribution in [1.82, 2.24) is 4.90 Å². The maximum Gasteiger partial charge on any atom is 0.120 e. The topological polar surface area (TPSA) is 64.5 Å². The Morgan fingerprint density at radius 3 is 2.18 bits per heavy atom. The van der Waals surface area contributed by atoms with E-state index in [1.54, 1.807) is 11.8 Å². The monoisotopic (exact) mass is 401 g/mol. The standard InChI is InChI=1S/C23H35N3OS/c1-3-5-13-26(14-6-4-2)15-8-16-27-19-9-7-10-20(17-19)28-21-11-12-22(24)23(25)18-21/h7,9-12,17-18H,3-6,8,13-16,24-25H2,1-2H3. The Kier molecular flexibility index (Phi) is 10.1. The molecule has 0 aliphatic heterocycles. The number of hydrogen-bond acceptors (Lipinski definition) is 5. The first-order valence-electron chi connectivity index (χ1n) is 10.4. The first-order chi connectivity index (χ1) is 13.6. The molecule has 2 rings (SSSR count). The van der Waals surface area contributed by atoms with Gasteiger partial charge in [-0.2, -0.15) is 0 Å². The molecule has 0 atom stereocenters. The van der Waals surface area contributed by atoms with Gasteiger partial charge in [-0.3, -0.25) is 0 Å². The van der Waals surface area contributed by atoms with E-state index in [0.29, 0.717) is 11.4 Å². The summed E-state index contributed by atoms with van der Waals surface area (Å²) in [4.78, 5) is 4.79. The molecule has 4 N–H and O–H groups in total. The number of benzene rings is 2. The van der Waals surface area contributed by atoms with Crippen LogP contribution in [0.15, 0.2) is 52.3 Å². The molecule has 2 aromatic carbocycles. The van der Waals surface area contributed by atoms with Crippen molar-refractivity contribution in [3.05, 3.63) is 42.5 Å². The largest absolute Gasteiger partial charge is 0.494 e. The minimum atomic E-state index is 0.619. The first-order valence-corrected chi connectivity index (χ1v) is 11.2. The molecule has 0 fully saturated rings. The van der Waals surface area contributed by atoms with Gasteiger partial charge in [-0.15, -0.1) is 0 Å². The molecule has 2 aromatic rings. The molecule has 0 saturated heterocycles. The fourth-order valence-corrected chi connectivity index (χ4v) is 3.87. The maximum absolute atomic E-state index is 6.00. The summed E-state index contributed by atoms with van der Waals surface area (Å²) in [5.74, 6) is 0.919. The Labute approximate surface area is 174 Å². The predicted octanol–water partition coefficient (Wildman–Crippen LogP) is 5.67. The van der Waals surface area contributed by atoms with Gasteiger partial charge in [0.05, 0.1) is 18.0 Å². The van der Waals surface area contributed by atoms with Crippen molar-refractivity contribution < 1.29 is 4.74 Å². The van der Waals surface area contributed by atoms with E-state index < -0.39 is 0 Å².